The van der Waals surface area contributed by atoms with Crippen LogP contribution in [0.15, 0.2) is 46.1 Å². The third-order valence-corrected chi connectivity index (χ3v) is 5.83. The second kappa shape index (κ2) is 6.62. The maximum atomic E-state index is 12.9. The first kappa shape index (κ1) is 16.5. The van der Waals surface area contributed by atoms with Crippen molar-refractivity contribution in [2.45, 2.75) is 25.3 Å². The second-order valence-electron chi connectivity index (χ2n) is 5.27. The molecule has 3 aromatic rings. The number of nitrogens with zero attached hydrogens (tertiary/aromatic N) is 4. The molecule has 0 aromatic carbocycles. The fraction of sp³-hybridized carbons (Fsp3) is 0.333. The molecule has 3 heterocycles. The van der Waals surface area contributed by atoms with E-state index in [-0.39, 0.29) is 4.90 Å². The van der Waals surface area contributed by atoms with Gasteiger partial charge in [0.05, 0.1) is 6.54 Å². The van der Waals surface area contributed by atoms with Crippen LogP contribution >= 0.6 is 0 Å². The molecular weight excluding hydrogens is 330 g/mol. The zero-order valence-corrected chi connectivity index (χ0v) is 14.3. The van der Waals surface area contributed by atoms with Crippen LogP contribution in [0.1, 0.15) is 12.7 Å². The topological polar surface area (TPSA) is 97.0 Å². The minimum Gasteiger partial charge on any atom is -0.458 e. The van der Waals surface area contributed by atoms with E-state index < -0.39 is 10.0 Å². The van der Waals surface area contributed by atoms with Gasteiger partial charge >= 0.3 is 0 Å². The third kappa shape index (κ3) is 3.13. The van der Waals surface area contributed by atoms with Crippen LogP contribution in [-0.4, -0.2) is 45.8 Å². The van der Waals surface area contributed by atoms with Crippen LogP contribution in [0, 0.1) is 6.92 Å². The molecule has 0 unspecified atom stereocenters. The molecule has 24 heavy (non-hydrogen) atoms. The lowest BCUT2D eigenvalue weighted by Gasteiger charge is -2.19. The highest BCUT2D eigenvalue weighted by molar-refractivity contribution is 7.89. The highest BCUT2D eigenvalue weighted by Crippen LogP contribution is 2.28. The van der Waals surface area contributed by atoms with Gasteiger partial charge in [0.25, 0.3) is 0 Å². The quantitative estimate of drug-likeness (QED) is 0.702. The molecule has 9 heteroatoms. The summed E-state index contributed by atoms with van der Waals surface area (Å²) in [4.78, 5) is 0.175. The Bertz CT molecular complexity index is 882. The van der Waals surface area contributed by atoms with Crippen LogP contribution in [0.2, 0.25) is 0 Å². The SMILES string of the molecule is CCN(CCn1cccn1)S(=O)(=O)c1cc(-c2ccn[nH]2)oc1C. The third-order valence-electron chi connectivity index (χ3n) is 3.75. The minimum absolute atomic E-state index is 0.175. The van der Waals surface area contributed by atoms with Gasteiger partial charge in [-0.05, 0) is 19.1 Å². The standard InChI is InChI=1S/C15H19N5O3S/c1-3-20(10-9-19-8-4-6-17-19)24(21,22)15-11-14(23-12(15)2)13-5-7-16-18-13/h4-8,11H,3,9-10H2,1-2H3,(H,16,18). The van der Waals surface area contributed by atoms with Crippen LogP contribution < -0.4 is 0 Å². The van der Waals surface area contributed by atoms with Crippen LogP contribution in [0.5, 0.6) is 0 Å². The predicted molar refractivity (Wildman–Crippen MR) is 87.7 cm³/mol. The Kier molecular flexibility index (Phi) is 4.54. The van der Waals surface area contributed by atoms with E-state index in [4.69, 9.17) is 4.42 Å². The van der Waals surface area contributed by atoms with Gasteiger partial charge < -0.3 is 4.42 Å². The van der Waals surface area contributed by atoms with Crippen LogP contribution in [0.25, 0.3) is 11.5 Å². The molecule has 0 bridgehead atoms. The van der Waals surface area contributed by atoms with E-state index in [9.17, 15) is 8.42 Å². The average Bonchev–Trinajstić information content (AvgIpc) is 3.28. The number of rotatable bonds is 7. The molecule has 0 atom stereocenters. The Labute approximate surface area is 140 Å². The highest BCUT2D eigenvalue weighted by atomic mass is 32.2. The van der Waals surface area contributed by atoms with E-state index in [2.05, 4.69) is 15.3 Å². The van der Waals surface area contributed by atoms with E-state index in [1.165, 1.54) is 10.4 Å². The van der Waals surface area contributed by atoms with Crippen molar-refractivity contribution in [3.05, 3.63) is 42.5 Å². The van der Waals surface area contributed by atoms with E-state index in [0.717, 1.165) is 0 Å². The summed E-state index contributed by atoms with van der Waals surface area (Å²) >= 11 is 0. The fourth-order valence-corrected chi connectivity index (χ4v) is 4.08. The Morgan fingerprint density at radius 3 is 2.83 bits per heavy atom. The maximum Gasteiger partial charge on any atom is 0.246 e. The Morgan fingerprint density at radius 1 is 1.38 bits per heavy atom. The summed E-state index contributed by atoms with van der Waals surface area (Å²) in [6.45, 7) is 4.66. The number of hydrogen-bond acceptors (Lipinski definition) is 5. The molecule has 0 aliphatic carbocycles. The van der Waals surface area contributed by atoms with Crippen molar-refractivity contribution in [1.82, 2.24) is 24.3 Å². The molecule has 3 aromatic heterocycles. The van der Waals surface area contributed by atoms with Crippen molar-refractivity contribution in [1.29, 1.82) is 0 Å². The second-order valence-corrected chi connectivity index (χ2v) is 7.17. The van der Waals surface area contributed by atoms with Gasteiger partial charge in [-0.1, -0.05) is 6.92 Å². The first-order valence-corrected chi connectivity index (χ1v) is 9.04. The molecule has 8 nitrogen and oxygen atoms in total. The van der Waals surface area contributed by atoms with Gasteiger partial charge in [-0.3, -0.25) is 9.78 Å². The number of aromatic amines is 1. The van der Waals surface area contributed by atoms with Crippen molar-refractivity contribution >= 4 is 10.0 Å². The molecule has 0 saturated carbocycles. The average molecular weight is 349 g/mol. The fourth-order valence-electron chi connectivity index (χ4n) is 2.48. The molecule has 0 aliphatic rings. The lowest BCUT2D eigenvalue weighted by Crippen LogP contribution is -2.34. The molecule has 128 valence electrons. The number of H-pyrrole nitrogens is 1. The van der Waals surface area contributed by atoms with E-state index >= 15 is 0 Å². The predicted octanol–water partition coefficient (Wildman–Crippen LogP) is 1.89. The molecule has 1 N–H and O–H groups in total. The summed E-state index contributed by atoms with van der Waals surface area (Å²) < 4.78 is 34.6. The summed E-state index contributed by atoms with van der Waals surface area (Å²) in [5, 5.41) is 10.7. The largest absolute Gasteiger partial charge is 0.458 e. The van der Waals surface area contributed by atoms with Gasteiger partial charge in [-0.15, -0.1) is 0 Å². The number of aryl methyl sites for hydroxylation is 1. The van der Waals surface area contributed by atoms with Gasteiger partial charge in [0.2, 0.25) is 10.0 Å². The van der Waals surface area contributed by atoms with Crippen molar-refractivity contribution < 1.29 is 12.8 Å². The highest BCUT2D eigenvalue weighted by Gasteiger charge is 2.28. The number of furan rings is 1. The zero-order valence-electron chi connectivity index (χ0n) is 13.5. The summed E-state index contributed by atoms with van der Waals surface area (Å²) in [7, 11) is -3.64. The smallest absolute Gasteiger partial charge is 0.246 e. The Hall–Kier alpha value is -2.39. The molecule has 0 radical (unpaired) electrons. The molecular formula is C15H19N5O3S. The van der Waals surface area contributed by atoms with Crippen molar-refractivity contribution in [2.75, 3.05) is 13.1 Å². The maximum absolute atomic E-state index is 12.9. The monoisotopic (exact) mass is 349 g/mol. The van der Waals surface area contributed by atoms with Crippen molar-refractivity contribution in [3.8, 4) is 11.5 Å². The van der Waals surface area contributed by atoms with Gasteiger partial charge in [-0.25, -0.2) is 8.42 Å². The first-order chi connectivity index (χ1) is 11.5. The van der Waals surface area contributed by atoms with Gasteiger partial charge in [0.1, 0.15) is 16.3 Å². The first-order valence-electron chi connectivity index (χ1n) is 7.60. The number of aromatic nitrogens is 4. The van der Waals surface area contributed by atoms with Gasteiger partial charge in [0.15, 0.2) is 5.76 Å². The molecule has 0 aliphatic heterocycles. The van der Waals surface area contributed by atoms with Crippen molar-refractivity contribution in [2.24, 2.45) is 0 Å². The lowest BCUT2D eigenvalue weighted by molar-refractivity contribution is 0.395. The number of hydrogen-bond donors (Lipinski definition) is 1. The Morgan fingerprint density at radius 2 is 2.21 bits per heavy atom. The number of likely N-dealkylation sites (N-methyl/N-ethyl adjacent to an activating group) is 1. The van der Waals surface area contributed by atoms with Crippen LogP contribution in [0.3, 0.4) is 0 Å². The summed E-state index contributed by atoms with van der Waals surface area (Å²) in [6, 6.07) is 5.07. The van der Waals surface area contributed by atoms with Crippen LogP contribution in [-0.2, 0) is 16.6 Å². The van der Waals surface area contributed by atoms with E-state index in [0.29, 0.717) is 36.8 Å². The van der Waals surface area contributed by atoms with Crippen LogP contribution in [0.4, 0.5) is 0 Å². The molecule has 0 spiro atoms. The Balaban J connectivity index is 1.85. The van der Waals surface area contributed by atoms with Gasteiger partial charge in [-0.2, -0.15) is 14.5 Å². The number of nitrogens with one attached hydrogen (secondary N) is 1. The molecule has 0 saturated heterocycles. The summed E-state index contributed by atoms with van der Waals surface area (Å²) in [6.07, 6.45) is 5.06. The molecule has 0 amide bonds. The number of sulfonamides is 1. The normalized spacial score (nSPS) is 12.1. The van der Waals surface area contributed by atoms with Crippen molar-refractivity contribution in [3.63, 3.8) is 0 Å². The minimum atomic E-state index is -3.64. The van der Waals surface area contributed by atoms with Gasteiger partial charge in [0, 0.05) is 37.7 Å². The summed E-state index contributed by atoms with van der Waals surface area (Å²) in [5.41, 5.74) is 0.638. The molecule has 3 rings (SSSR count). The summed E-state index contributed by atoms with van der Waals surface area (Å²) in [5.74, 6) is 0.809. The lowest BCUT2D eigenvalue weighted by atomic mass is 10.3. The van der Waals surface area contributed by atoms with E-state index in [1.807, 2.05) is 13.0 Å². The zero-order chi connectivity index (χ0) is 17.2. The van der Waals surface area contributed by atoms with E-state index in [1.54, 1.807) is 36.3 Å². The molecule has 0 fully saturated rings.